The van der Waals surface area contributed by atoms with Gasteiger partial charge in [-0.2, -0.15) is 0 Å². The van der Waals surface area contributed by atoms with Crippen LogP contribution < -0.4 is 10.1 Å². The number of rotatable bonds is 5. The first-order valence-corrected chi connectivity index (χ1v) is 5.54. The minimum absolute atomic E-state index is 0.135. The highest BCUT2D eigenvalue weighted by Crippen LogP contribution is 2.22. The fourth-order valence-electron chi connectivity index (χ4n) is 1.35. The van der Waals surface area contributed by atoms with Gasteiger partial charge in [0.15, 0.2) is 0 Å². The van der Waals surface area contributed by atoms with Crippen LogP contribution in [0.5, 0.6) is 5.75 Å². The Morgan fingerprint density at radius 3 is 2.30 bits per heavy atom. The van der Waals surface area contributed by atoms with Crippen molar-refractivity contribution in [2.24, 2.45) is 0 Å². The number of ether oxygens (including phenoxy) is 1. The third-order valence-corrected chi connectivity index (χ3v) is 2.27. The molecule has 20 heavy (non-hydrogen) atoms. The summed E-state index contributed by atoms with van der Waals surface area (Å²) in [5.41, 5.74) is 0.439. The van der Waals surface area contributed by atoms with Gasteiger partial charge in [0.2, 0.25) is 5.91 Å². The highest BCUT2D eigenvalue weighted by Gasteiger charge is 2.30. The van der Waals surface area contributed by atoms with Gasteiger partial charge < -0.3 is 15.2 Å². The highest BCUT2D eigenvalue weighted by molar-refractivity contribution is 5.84. The zero-order valence-electron chi connectivity index (χ0n) is 10.4. The Kier molecular flexibility index (Phi) is 4.95. The molecule has 0 saturated heterocycles. The zero-order chi connectivity index (χ0) is 15.3. The van der Waals surface area contributed by atoms with Crippen molar-refractivity contribution in [3.8, 4) is 5.75 Å². The Labute approximate surface area is 112 Å². The SMILES string of the molecule is C[C@@H](NC(=O)Cc1ccc(OC(F)(F)F)cc1)C(=O)O. The van der Waals surface area contributed by atoms with Crippen LogP contribution >= 0.6 is 0 Å². The summed E-state index contributed by atoms with van der Waals surface area (Å²) in [6.07, 6.45) is -4.90. The molecule has 1 aromatic carbocycles. The number of hydrogen-bond donors (Lipinski definition) is 2. The molecule has 0 radical (unpaired) electrons. The lowest BCUT2D eigenvalue weighted by Gasteiger charge is -2.10. The smallest absolute Gasteiger partial charge is 0.480 e. The second-order valence-electron chi connectivity index (χ2n) is 4.00. The molecule has 0 heterocycles. The van der Waals surface area contributed by atoms with E-state index in [0.29, 0.717) is 5.56 Å². The van der Waals surface area contributed by atoms with Crippen molar-refractivity contribution in [3.05, 3.63) is 29.8 Å². The Morgan fingerprint density at radius 2 is 1.85 bits per heavy atom. The van der Waals surface area contributed by atoms with E-state index in [1.165, 1.54) is 19.1 Å². The van der Waals surface area contributed by atoms with Crippen LogP contribution in [0, 0.1) is 0 Å². The number of carbonyl (C=O) groups is 2. The highest BCUT2D eigenvalue weighted by atomic mass is 19.4. The molecule has 110 valence electrons. The van der Waals surface area contributed by atoms with E-state index in [1.807, 2.05) is 0 Å². The molecule has 1 amide bonds. The summed E-state index contributed by atoms with van der Waals surface area (Å²) in [6.45, 7) is 1.31. The summed E-state index contributed by atoms with van der Waals surface area (Å²) in [5.74, 6) is -2.10. The quantitative estimate of drug-likeness (QED) is 0.866. The van der Waals surface area contributed by atoms with E-state index in [2.05, 4.69) is 10.1 Å². The Bertz CT molecular complexity index is 484. The lowest BCUT2D eigenvalue weighted by molar-refractivity contribution is -0.274. The summed E-state index contributed by atoms with van der Waals surface area (Å²) < 4.78 is 39.5. The summed E-state index contributed by atoms with van der Waals surface area (Å²) in [5, 5.41) is 10.8. The maximum atomic E-state index is 11.9. The molecule has 5 nitrogen and oxygen atoms in total. The molecule has 1 atom stereocenters. The van der Waals surface area contributed by atoms with Gasteiger partial charge in [0, 0.05) is 0 Å². The summed E-state index contributed by atoms with van der Waals surface area (Å²) >= 11 is 0. The standard InChI is InChI=1S/C12H12F3NO4/c1-7(11(18)19)16-10(17)6-8-2-4-9(5-3-8)20-12(13,14)15/h2-5,7H,6H2,1H3,(H,16,17)(H,18,19)/t7-/m1/s1. The van der Waals surface area contributed by atoms with Gasteiger partial charge in [0.1, 0.15) is 11.8 Å². The largest absolute Gasteiger partial charge is 0.573 e. The first kappa shape index (κ1) is 15.8. The van der Waals surface area contributed by atoms with E-state index in [0.717, 1.165) is 12.1 Å². The van der Waals surface area contributed by atoms with E-state index in [4.69, 9.17) is 5.11 Å². The first-order valence-electron chi connectivity index (χ1n) is 5.54. The molecule has 0 aromatic heterocycles. The average Bonchev–Trinajstić information content (AvgIpc) is 2.29. The third-order valence-electron chi connectivity index (χ3n) is 2.27. The molecule has 0 bridgehead atoms. The lowest BCUT2D eigenvalue weighted by Crippen LogP contribution is -2.39. The number of alkyl halides is 3. The Morgan fingerprint density at radius 1 is 1.30 bits per heavy atom. The fourth-order valence-corrected chi connectivity index (χ4v) is 1.35. The van der Waals surface area contributed by atoms with E-state index in [1.54, 1.807) is 0 Å². The minimum Gasteiger partial charge on any atom is -0.480 e. The van der Waals surface area contributed by atoms with Crippen LogP contribution in [0.2, 0.25) is 0 Å². The lowest BCUT2D eigenvalue weighted by atomic mass is 10.1. The second kappa shape index (κ2) is 6.27. The number of aliphatic carboxylic acids is 1. The monoisotopic (exact) mass is 291 g/mol. The molecule has 0 aliphatic heterocycles. The average molecular weight is 291 g/mol. The molecule has 1 rings (SSSR count). The summed E-state index contributed by atoms with van der Waals surface area (Å²) in [4.78, 5) is 22.0. The van der Waals surface area contributed by atoms with Gasteiger partial charge in [-0.25, -0.2) is 0 Å². The van der Waals surface area contributed by atoms with E-state index in [9.17, 15) is 22.8 Å². The van der Waals surface area contributed by atoms with Crippen molar-refractivity contribution in [3.63, 3.8) is 0 Å². The van der Waals surface area contributed by atoms with Crippen LogP contribution in [0.4, 0.5) is 13.2 Å². The molecule has 0 aliphatic carbocycles. The molecule has 1 aromatic rings. The van der Waals surface area contributed by atoms with Gasteiger partial charge in [-0.05, 0) is 24.6 Å². The number of benzene rings is 1. The maximum absolute atomic E-state index is 11.9. The van der Waals surface area contributed by atoms with E-state index < -0.39 is 24.3 Å². The number of hydrogen-bond acceptors (Lipinski definition) is 3. The normalized spacial score (nSPS) is 12.6. The van der Waals surface area contributed by atoms with Gasteiger partial charge in [-0.3, -0.25) is 9.59 Å². The van der Waals surface area contributed by atoms with Crippen molar-refractivity contribution in [2.45, 2.75) is 25.7 Å². The number of halogens is 3. The van der Waals surface area contributed by atoms with Gasteiger partial charge in [-0.15, -0.1) is 13.2 Å². The molecule has 2 N–H and O–H groups in total. The summed E-state index contributed by atoms with van der Waals surface area (Å²) in [6, 6.07) is 3.72. The third kappa shape index (κ3) is 5.59. The van der Waals surface area contributed by atoms with E-state index >= 15 is 0 Å². The number of nitrogens with one attached hydrogen (secondary N) is 1. The Balaban J connectivity index is 2.57. The molecule has 0 spiro atoms. The number of carbonyl (C=O) groups excluding carboxylic acids is 1. The van der Waals surface area contributed by atoms with Crippen LogP contribution in [0.25, 0.3) is 0 Å². The predicted octanol–water partition coefficient (Wildman–Crippen LogP) is 1.72. The van der Waals surface area contributed by atoms with Gasteiger partial charge in [0.05, 0.1) is 6.42 Å². The van der Waals surface area contributed by atoms with Crippen molar-refractivity contribution in [1.29, 1.82) is 0 Å². The zero-order valence-corrected chi connectivity index (χ0v) is 10.4. The second-order valence-corrected chi connectivity index (χ2v) is 4.00. The minimum atomic E-state index is -4.77. The Hall–Kier alpha value is -2.25. The molecular weight excluding hydrogens is 279 g/mol. The number of carboxylic acids is 1. The number of carboxylic acid groups (broad SMARTS) is 1. The summed E-state index contributed by atoms with van der Waals surface area (Å²) in [7, 11) is 0. The van der Waals surface area contributed by atoms with Crippen molar-refractivity contribution >= 4 is 11.9 Å². The van der Waals surface area contributed by atoms with Crippen molar-refractivity contribution in [1.82, 2.24) is 5.32 Å². The predicted molar refractivity (Wildman–Crippen MR) is 62.1 cm³/mol. The molecule has 0 unspecified atom stereocenters. The topological polar surface area (TPSA) is 75.6 Å². The molecular formula is C12H12F3NO4. The number of amides is 1. The van der Waals surface area contributed by atoms with Crippen LogP contribution in [0.1, 0.15) is 12.5 Å². The maximum Gasteiger partial charge on any atom is 0.573 e. The van der Waals surface area contributed by atoms with Crippen LogP contribution in [-0.2, 0) is 16.0 Å². The van der Waals surface area contributed by atoms with Gasteiger partial charge in [-0.1, -0.05) is 12.1 Å². The van der Waals surface area contributed by atoms with Crippen LogP contribution in [-0.4, -0.2) is 29.4 Å². The first-order chi connectivity index (χ1) is 9.17. The molecule has 0 fully saturated rings. The van der Waals surface area contributed by atoms with Crippen molar-refractivity contribution < 1.29 is 32.6 Å². The molecule has 8 heteroatoms. The molecule has 0 saturated carbocycles. The molecule has 0 aliphatic rings. The fraction of sp³-hybridized carbons (Fsp3) is 0.333. The van der Waals surface area contributed by atoms with Gasteiger partial charge >= 0.3 is 12.3 Å². The van der Waals surface area contributed by atoms with E-state index in [-0.39, 0.29) is 12.2 Å². The van der Waals surface area contributed by atoms with Crippen LogP contribution in [0.3, 0.4) is 0 Å². The van der Waals surface area contributed by atoms with Gasteiger partial charge in [0.25, 0.3) is 0 Å². The van der Waals surface area contributed by atoms with Crippen LogP contribution in [0.15, 0.2) is 24.3 Å². The van der Waals surface area contributed by atoms with Crippen molar-refractivity contribution in [2.75, 3.05) is 0 Å².